The van der Waals surface area contributed by atoms with Gasteiger partial charge in [0.15, 0.2) is 0 Å². The first-order valence-corrected chi connectivity index (χ1v) is 7.32. The van der Waals surface area contributed by atoms with Crippen LogP contribution in [-0.2, 0) is 12.8 Å². The molecule has 1 N–H and O–H groups in total. The quantitative estimate of drug-likeness (QED) is 0.847. The lowest BCUT2D eigenvalue weighted by Crippen LogP contribution is -2.28. The van der Waals surface area contributed by atoms with E-state index in [9.17, 15) is 0 Å². The van der Waals surface area contributed by atoms with Crippen molar-refractivity contribution in [2.45, 2.75) is 46.6 Å². The number of benzene rings is 1. The van der Waals surface area contributed by atoms with Crippen LogP contribution in [0, 0.1) is 19.3 Å². The minimum absolute atomic E-state index is 0.349. The third-order valence-corrected chi connectivity index (χ3v) is 3.95. The van der Waals surface area contributed by atoms with E-state index in [1.807, 2.05) is 38.6 Å². The topological polar surface area (TPSA) is 41.7 Å². The molecular weight excluding hydrogens is 246 g/mol. The minimum Gasteiger partial charge on any atom is -0.314 e. The van der Waals surface area contributed by atoms with Gasteiger partial charge in [-0.15, -0.1) is 0 Å². The van der Waals surface area contributed by atoms with Crippen molar-refractivity contribution in [1.82, 2.24) is 9.55 Å². The van der Waals surface area contributed by atoms with Crippen molar-refractivity contribution in [3.8, 4) is 0 Å². The molecule has 1 aliphatic carbocycles. The van der Waals surface area contributed by atoms with Crippen molar-refractivity contribution in [3.05, 3.63) is 58.5 Å². The highest BCUT2D eigenvalue weighted by Crippen LogP contribution is 2.28. The minimum atomic E-state index is 0.349. The summed E-state index contributed by atoms with van der Waals surface area (Å²) in [6.45, 7) is 7.93. The maximum absolute atomic E-state index is 8.23. The highest BCUT2D eigenvalue weighted by molar-refractivity contribution is 5.33. The summed E-state index contributed by atoms with van der Waals surface area (Å²) in [7, 11) is 0. The summed E-state index contributed by atoms with van der Waals surface area (Å²) in [5.41, 5.74) is 5.35. The average molecular weight is 269 g/mol. The van der Waals surface area contributed by atoms with Crippen LogP contribution in [-0.4, -0.2) is 9.55 Å². The van der Waals surface area contributed by atoms with Crippen LogP contribution in [0.3, 0.4) is 0 Å². The Bertz CT molecular complexity index is 631. The van der Waals surface area contributed by atoms with Gasteiger partial charge in [0, 0.05) is 17.3 Å². The zero-order valence-electron chi connectivity index (χ0n) is 12.8. The Hall–Kier alpha value is -1.90. The maximum Gasteiger partial charge on any atom is 0.130 e. The molecule has 0 radical (unpaired) electrons. The van der Waals surface area contributed by atoms with Crippen molar-refractivity contribution in [3.63, 3.8) is 0 Å². The predicted molar refractivity (Wildman–Crippen MR) is 81.8 cm³/mol. The lowest BCUT2D eigenvalue weighted by molar-refractivity contribution is 0.491. The molecule has 1 heterocycles. The Morgan fingerprint density at radius 3 is 2.20 bits per heavy atom. The molecule has 0 saturated carbocycles. The molecule has 20 heavy (non-hydrogen) atoms. The average Bonchev–Trinajstić information content (AvgIpc) is 2.90. The Kier molecular flexibility index (Phi) is 4.38. The smallest absolute Gasteiger partial charge is 0.130 e. The maximum atomic E-state index is 8.23. The molecule has 0 aliphatic heterocycles. The van der Waals surface area contributed by atoms with Gasteiger partial charge in [-0.3, -0.25) is 5.41 Å². The van der Waals surface area contributed by atoms with Crippen LogP contribution in [0.25, 0.3) is 0 Å². The van der Waals surface area contributed by atoms with E-state index >= 15 is 0 Å². The molecule has 3 nitrogen and oxygen atoms in total. The number of rotatable bonds is 1. The molecule has 1 aromatic carbocycles. The Morgan fingerprint density at radius 1 is 1.10 bits per heavy atom. The Balaban J connectivity index is 0.000000704. The van der Waals surface area contributed by atoms with Crippen molar-refractivity contribution in [2.24, 2.45) is 0 Å². The molecule has 1 aliphatic rings. The van der Waals surface area contributed by atoms with E-state index in [4.69, 9.17) is 5.41 Å². The number of aryl methyl sites for hydroxylation is 1. The number of nitrogens with one attached hydrogen (secondary N) is 1. The molecule has 2 aromatic rings. The van der Waals surface area contributed by atoms with E-state index in [0.717, 1.165) is 24.1 Å². The second-order valence-electron chi connectivity index (χ2n) is 5.04. The van der Waals surface area contributed by atoms with Crippen molar-refractivity contribution >= 4 is 0 Å². The van der Waals surface area contributed by atoms with Gasteiger partial charge in [0.05, 0.1) is 6.33 Å². The van der Waals surface area contributed by atoms with E-state index in [1.54, 1.807) is 0 Å². The van der Waals surface area contributed by atoms with E-state index in [0.29, 0.717) is 11.5 Å². The van der Waals surface area contributed by atoms with Gasteiger partial charge in [0.25, 0.3) is 0 Å². The molecule has 106 valence electrons. The lowest BCUT2D eigenvalue weighted by atomic mass is 10.1. The largest absolute Gasteiger partial charge is 0.314 e. The number of hydrogen-bond donors (Lipinski definition) is 1. The van der Waals surface area contributed by atoms with Crippen LogP contribution in [0.2, 0.25) is 0 Å². The van der Waals surface area contributed by atoms with Gasteiger partial charge in [0.1, 0.15) is 5.49 Å². The fraction of sp³-hybridized carbons (Fsp3) is 0.412. The van der Waals surface area contributed by atoms with Gasteiger partial charge >= 0.3 is 0 Å². The summed E-state index contributed by atoms with van der Waals surface area (Å²) in [6, 6.07) is 8.90. The SMILES string of the molecule is CC.Cc1ncn(C2Cc3ccccc3C2)c(=N)c1C. The summed E-state index contributed by atoms with van der Waals surface area (Å²) in [5.74, 6) is 0. The van der Waals surface area contributed by atoms with E-state index in [2.05, 4.69) is 29.2 Å². The molecule has 0 amide bonds. The van der Waals surface area contributed by atoms with E-state index in [1.165, 1.54) is 11.1 Å². The lowest BCUT2D eigenvalue weighted by Gasteiger charge is -2.15. The van der Waals surface area contributed by atoms with Crippen LogP contribution in [0.1, 0.15) is 42.3 Å². The van der Waals surface area contributed by atoms with Gasteiger partial charge in [-0.1, -0.05) is 38.1 Å². The number of nitrogens with zero attached hydrogens (tertiary/aromatic N) is 2. The standard InChI is InChI=1S/C15H17N3.C2H6/c1-10-11(2)17-9-18(15(10)16)14-7-12-5-3-4-6-13(12)8-14;1-2/h3-6,9,14,16H,7-8H2,1-2H3;1-2H3. The van der Waals surface area contributed by atoms with Gasteiger partial charge in [-0.05, 0) is 37.8 Å². The van der Waals surface area contributed by atoms with Crippen molar-refractivity contribution in [2.75, 3.05) is 0 Å². The van der Waals surface area contributed by atoms with Crippen LogP contribution < -0.4 is 5.49 Å². The van der Waals surface area contributed by atoms with E-state index < -0.39 is 0 Å². The zero-order chi connectivity index (χ0) is 14.7. The normalized spacial score (nSPS) is 13.6. The van der Waals surface area contributed by atoms with Crippen LogP contribution in [0.15, 0.2) is 30.6 Å². The first-order chi connectivity index (χ1) is 9.66. The summed E-state index contributed by atoms with van der Waals surface area (Å²) >= 11 is 0. The van der Waals surface area contributed by atoms with E-state index in [-0.39, 0.29) is 0 Å². The molecule has 0 atom stereocenters. The molecule has 0 bridgehead atoms. The fourth-order valence-electron chi connectivity index (χ4n) is 2.68. The monoisotopic (exact) mass is 269 g/mol. The molecule has 1 aromatic heterocycles. The number of aromatic nitrogens is 2. The zero-order valence-corrected chi connectivity index (χ0v) is 12.8. The van der Waals surface area contributed by atoms with Crippen LogP contribution in [0.5, 0.6) is 0 Å². The molecular formula is C17H23N3. The summed E-state index contributed by atoms with van der Waals surface area (Å²) in [5, 5.41) is 8.23. The third-order valence-electron chi connectivity index (χ3n) is 3.95. The van der Waals surface area contributed by atoms with Gasteiger partial charge in [-0.2, -0.15) is 0 Å². The molecule has 0 fully saturated rings. The molecule has 0 unspecified atom stereocenters. The molecule has 3 heteroatoms. The molecule has 3 rings (SSSR count). The first kappa shape index (κ1) is 14.5. The Labute approximate surface area is 120 Å². The van der Waals surface area contributed by atoms with Crippen LogP contribution in [0.4, 0.5) is 0 Å². The Morgan fingerprint density at radius 2 is 1.65 bits per heavy atom. The third kappa shape index (κ3) is 2.53. The second kappa shape index (κ2) is 6.04. The van der Waals surface area contributed by atoms with Crippen molar-refractivity contribution < 1.29 is 0 Å². The predicted octanol–water partition coefficient (Wildman–Crippen LogP) is 3.35. The molecule has 0 spiro atoms. The number of hydrogen-bond acceptors (Lipinski definition) is 2. The highest BCUT2D eigenvalue weighted by atomic mass is 15.1. The summed E-state index contributed by atoms with van der Waals surface area (Å²) in [4.78, 5) is 4.39. The van der Waals surface area contributed by atoms with Crippen LogP contribution >= 0.6 is 0 Å². The number of fused-ring (bicyclic) bond motifs is 1. The van der Waals surface area contributed by atoms with Gasteiger partial charge in [-0.25, -0.2) is 4.98 Å². The summed E-state index contributed by atoms with van der Waals surface area (Å²) in [6.07, 6.45) is 3.84. The highest BCUT2D eigenvalue weighted by Gasteiger charge is 2.22. The second-order valence-corrected chi connectivity index (χ2v) is 5.04. The van der Waals surface area contributed by atoms with Crippen molar-refractivity contribution in [1.29, 1.82) is 5.41 Å². The first-order valence-electron chi connectivity index (χ1n) is 7.32. The van der Waals surface area contributed by atoms with Gasteiger partial charge < -0.3 is 4.57 Å². The van der Waals surface area contributed by atoms with Gasteiger partial charge in [0.2, 0.25) is 0 Å². The molecule has 0 saturated heterocycles. The summed E-state index contributed by atoms with van der Waals surface area (Å²) < 4.78 is 2.02. The fourth-order valence-corrected chi connectivity index (χ4v) is 2.68.